The lowest BCUT2D eigenvalue weighted by molar-refractivity contribution is -0.138. The lowest BCUT2D eigenvalue weighted by Gasteiger charge is -2.46. The molecule has 4 rings (SSSR count). The van der Waals surface area contributed by atoms with Gasteiger partial charge in [-0.2, -0.15) is 13.2 Å². The Morgan fingerprint density at radius 3 is 2.69 bits per heavy atom. The molecule has 0 radical (unpaired) electrons. The van der Waals surface area contributed by atoms with E-state index in [4.69, 9.17) is 5.11 Å². The molecule has 5 nitrogen and oxygen atoms in total. The van der Waals surface area contributed by atoms with Crippen molar-refractivity contribution in [3.05, 3.63) is 53.0 Å². The summed E-state index contributed by atoms with van der Waals surface area (Å²) in [6.07, 6.45) is 5.89. The van der Waals surface area contributed by atoms with Gasteiger partial charge in [0, 0.05) is 17.9 Å². The summed E-state index contributed by atoms with van der Waals surface area (Å²) in [5, 5.41) is 9.64. The molecule has 0 amide bonds. The second-order valence-corrected chi connectivity index (χ2v) is 10.2. The van der Waals surface area contributed by atoms with Gasteiger partial charge in [-0.05, 0) is 73.6 Å². The van der Waals surface area contributed by atoms with Crippen LogP contribution in [0.1, 0.15) is 56.1 Å². The van der Waals surface area contributed by atoms with Crippen molar-refractivity contribution in [3.8, 4) is 0 Å². The minimum Gasteiger partial charge on any atom is -0.481 e. The number of alkyl halides is 3. The molecule has 0 spiro atoms. The van der Waals surface area contributed by atoms with Gasteiger partial charge in [0.15, 0.2) is 0 Å². The van der Waals surface area contributed by atoms with Gasteiger partial charge in [0.2, 0.25) is 10.0 Å². The van der Waals surface area contributed by atoms with Crippen LogP contribution in [0, 0.1) is 17.8 Å². The number of sulfonamides is 1. The second-order valence-electron chi connectivity index (χ2n) is 8.65. The summed E-state index contributed by atoms with van der Waals surface area (Å²) in [6.45, 7) is 0. The van der Waals surface area contributed by atoms with E-state index in [9.17, 15) is 26.4 Å². The standard InChI is InChI=1S/C23H28F3NO4S/c24-23(25,26)19-7-4-5-16(14-19)11-12-32(30,31)27-21-15-17-9-10-20(21)18(13-17)6-2-1-3-8-22(28)29/h2,4-7,11-12,14,17-18,20-21,27H,1,3,8-10,13,15H2,(H,28,29)/b6-2+,12-11+. The van der Waals surface area contributed by atoms with Gasteiger partial charge in [0.25, 0.3) is 0 Å². The van der Waals surface area contributed by atoms with Gasteiger partial charge in [-0.1, -0.05) is 30.7 Å². The molecule has 0 heterocycles. The second kappa shape index (κ2) is 10.2. The molecule has 3 fully saturated rings. The van der Waals surface area contributed by atoms with Crippen LogP contribution < -0.4 is 4.72 Å². The minimum absolute atomic E-state index is 0.127. The normalized spacial score (nSPS) is 26.2. The molecule has 9 heteroatoms. The number of unbranched alkanes of at least 4 members (excludes halogenated alkanes) is 1. The Kier molecular flexibility index (Phi) is 7.82. The van der Waals surface area contributed by atoms with Gasteiger partial charge in [-0.3, -0.25) is 4.79 Å². The van der Waals surface area contributed by atoms with Crippen LogP contribution in [0.15, 0.2) is 41.8 Å². The first-order valence-electron chi connectivity index (χ1n) is 10.8. The van der Waals surface area contributed by atoms with Crippen molar-refractivity contribution in [3.63, 3.8) is 0 Å². The topological polar surface area (TPSA) is 83.5 Å². The molecule has 1 aromatic carbocycles. The average molecular weight is 472 g/mol. The van der Waals surface area contributed by atoms with Gasteiger partial charge in [-0.15, -0.1) is 0 Å². The lowest BCUT2D eigenvalue weighted by Crippen LogP contribution is -2.49. The number of allylic oxidation sites excluding steroid dienone is 2. The van der Waals surface area contributed by atoms with Crippen molar-refractivity contribution in [2.75, 3.05) is 0 Å². The number of fused-ring (bicyclic) bond motifs is 3. The zero-order valence-corrected chi connectivity index (χ0v) is 18.4. The molecule has 0 aliphatic heterocycles. The molecular formula is C23H28F3NO4S. The summed E-state index contributed by atoms with van der Waals surface area (Å²) in [6, 6.07) is 4.32. The molecule has 3 saturated carbocycles. The maximum atomic E-state index is 12.9. The summed E-state index contributed by atoms with van der Waals surface area (Å²) in [5.41, 5.74) is -0.662. The summed E-state index contributed by atoms with van der Waals surface area (Å²) in [7, 11) is -3.81. The zero-order valence-electron chi connectivity index (χ0n) is 17.6. The van der Waals surface area contributed by atoms with Gasteiger partial charge in [0.05, 0.1) is 5.56 Å². The smallest absolute Gasteiger partial charge is 0.416 e. The van der Waals surface area contributed by atoms with E-state index < -0.39 is 27.7 Å². The van der Waals surface area contributed by atoms with Crippen LogP contribution in [0.25, 0.3) is 6.08 Å². The molecule has 4 atom stereocenters. The maximum Gasteiger partial charge on any atom is 0.416 e. The predicted octanol–water partition coefficient (Wildman–Crippen LogP) is 5.21. The van der Waals surface area contributed by atoms with Gasteiger partial charge in [-0.25, -0.2) is 13.1 Å². The Morgan fingerprint density at radius 1 is 1.22 bits per heavy atom. The Bertz CT molecular complexity index is 972. The number of halogens is 3. The molecule has 3 aliphatic rings. The number of aliphatic carboxylic acids is 1. The number of hydrogen-bond acceptors (Lipinski definition) is 3. The molecule has 2 N–H and O–H groups in total. The average Bonchev–Trinajstić information content (AvgIpc) is 2.72. The number of nitrogens with one attached hydrogen (secondary N) is 1. The zero-order chi connectivity index (χ0) is 23.4. The highest BCUT2D eigenvalue weighted by Crippen LogP contribution is 2.46. The van der Waals surface area contributed by atoms with E-state index in [1.54, 1.807) is 0 Å². The van der Waals surface area contributed by atoms with Crippen LogP contribution in [-0.4, -0.2) is 25.5 Å². The number of carbonyl (C=O) groups is 1. The Hall–Kier alpha value is -2.13. The van der Waals surface area contributed by atoms with Gasteiger partial charge >= 0.3 is 12.1 Å². The lowest BCUT2D eigenvalue weighted by atomic mass is 9.62. The Morgan fingerprint density at radius 2 is 2.00 bits per heavy atom. The van der Waals surface area contributed by atoms with Crippen LogP contribution >= 0.6 is 0 Å². The van der Waals surface area contributed by atoms with E-state index in [1.807, 2.05) is 6.08 Å². The van der Waals surface area contributed by atoms with Crippen molar-refractivity contribution < 1.29 is 31.5 Å². The maximum absolute atomic E-state index is 12.9. The molecule has 3 aliphatic carbocycles. The molecule has 0 aromatic heterocycles. The highest BCUT2D eigenvalue weighted by Gasteiger charge is 2.42. The first-order valence-corrected chi connectivity index (χ1v) is 12.3. The number of carboxylic acids is 1. The van der Waals surface area contributed by atoms with Crippen molar-refractivity contribution in [2.45, 2.75) is 57.2 Å². The Balaban J connectivity index is 1.62. The van der Waals surface area contributed by atoms with Gasteiger partial charge in [0.1, 0.15) is 0 Å². The predicted molar refractivity (Wildman–Crippen MR) is 116 cm³/mol. The fourth-order valence-electron chi connectivity index (χ4n) is 4.80. The third-order valence-electron chi connectivity index (χ3n) is 6.28. The quantitative estimate of drug-likeness (QED) is 0.383. The molecular weight excluding hydrogens is 443 g/mol. The van der Waals surface area contributed by atoms with Crippen LogP contribution in [0.3, 0.4) is 0 Å². The van der Waals surface area contributed by atoms with Crippen LogP contribution in [0.2, 0.25) is 0 Å². The summed E-state index contributed by atoms with van der Waals surface area (Å²) >= 11 is 0. The largest absolute Gasteiger partial charge is 0.481 e. The first-order chi connectivity index (χ1) is 15.0. The third-order valence-corrected chi connectivity index (χ3v) is 7.41. The van der Waals surface area contributed by atoms with Crippen molar-refractivity contribution in [2.24, 2.45) is 17.8 Å². The summed E-state index contributed by atoms with van der Waals surface area (Å²) in [5.74, 6) is 0.0107. The van der Waals surface area contributed by atoms with Gasteiger partial charge < -0.3 is 5.11 Å². The third kappa shape index (κ3) is 6.93. The molecule has 0 saturated heterocycles. The van der Waals surface area contributed by atoms with Crippen LogP contribution in [0.4, 0.5) is 13.2 Å². The Labute approximate surface area is 186 Å². The SMILES string of the molecule is O=C(O)CCC/C=C/C1CC2CCC1C(NS(=O)(=O)/C=C/c1cccc(C(F)(F)F)c1)C2. The minimum atomic E-state index is -4.49. The van der Waals surface area contributed by atoms with E-state index >= 15 is 0 Å². The summed E-state index contributed by atoms with van der Waals surface area (Å²) < 4.78 is 66.5. The number of hydrogen-bond donors (Lipinski definition) is 2. The van der Waals surface area contributed by atoms with E-state index in [2.05, 4.69) is 10.8 Å². The fourth-order valence-corrected chi connectivity index (χ4v) is 5.91. The number of rotatable bonds is 9. The number of benzene rings is 1. The van der Waals surface area contributed by atoms with E-state index in [-0.39, 0.29) is 29.9 Å². The summed E-state index contributed by atoms with van der Waals surface area (Å²) in [4.78, 5) is 10.6. The highest BCUT2D eigenvalue weighted by atomic mass is 32.2. The van der Waals surface area contributed by atoms with Crippen molar-refractivity contribution >= 4 is 22.1 Å². The van der Waals surface area contributed by atoms with Crippen molar-refractivity contribution in [1.82, 2.24) is 4.72 Å². The number of carboxylic acid groups (broad SMARTS) is 1. The van der Waals surface area contributed by atoms with Crippen LogP contribution in [-0.2, 0) is 21.0 Å². The van der Waals surface area contributed by atoms with E-state index in [0.717, 1.165) is 43.2 Å². The molecule has 4 unspecified atom stereocenters. The van der Waals surface area contributed by atoms with Crippen LogP contribution in [0.5, 0.6) is 0 Å². The fraction of sp³-hybridized carbons (Fsp3) is 0.522. The van der Waals surface area contributed by atoms with Crippen molar-refractivity contribution in [1.29, 1.82) is 0 Å². The first kappa shape index (κ1) is 24.5. The van der Waals surface area contributed by atoms with E-state index in [0.29, 0.717) is 18.8 Å². The highest BCUT2D eigenvalue weighted by molar-refractivity contribution is 7.92. The molecule has 2 bridgehead atoms. The molecule has 1 aromatic rings. The van der Waals surface area contributed by atoms with E-state index in [1.165, 1.54) is 18.2 Å². The monoisotopic (exact) mass is 471 g/mol. The molecule has 32 heavy (non-hydrogen) atoms. The molecule has 176 valence electrons.